The van der Waals surface area contributed by atoms with Crippen molar-refractivity contribution < 1.29 is 0 Å². The summed E-state index contributed by atoms with van der Waals surface area (Å²) in [5, 5.41) is 9.32. The smallest absolute Gasteiger partial charge is 0.132 e. The Balaban J connectivity index is 1.75. The first-order valence-electron chi connectivity index (χ1n) is 6.86. The Morgan fingerprint density at radius 2 is 2.00 bits per heavy atom. The molecule has 0 amide bonds. The molecule has 3 aromatic rings. The predicted molar refractivity (Wildman–Crippen MR) is 81.8 cm³/mol. The summed E-state index contributed by atoms with van der Waals surface area (Å²) in [4.78, 5) is 0. The summed E-state index contributed by atoms with van der Waals surface area (Å²) in [7, 11) is 0. The van der Waals surface area contributed by atoms with Crippen LogP contribution in [0.4, 0.5) is 11.5 Å². The second kappa shape index (κ2) is 4.27. The fourth-order valence-corrected chi connectivity index (χ4v) is 2.91. The maximum atomic E-state index is 5.83. The van der Waals surface area contributed by atoms with Crippen LogP contribution in [-0.4, -0.2) is 16.3 Å². The van der Waals surface area contributed by atoms with Gasteiger partial charge in [-0.2, -0.15) is 5.10 Å². The Hall–Kier alpha value is -2.49. The van der Waals surface area contributed by atoms with Crippen LogP contribution in [0.3, 0.4) is 0 Å². The molecule has 20 heavy (non-hydrogen) atoms. The van der Waals surface area contributed by atoms with Gasteiger partial charge in [0.05, 0.1) is 12.1 Å². The zero-order valence-corrected chi connectivity index (χ0v) is 11.1. The van der Waals surface area contributed by atoms with E-state index >= 15 is 0 Å². The van der Waals surface area contributed by atoms with Crippen molar-refractivity contribution in [3.8, 4) is 0 Å². The Morgan fingerprint density at radius 3 is 2.85 bits per heavy atom. The molecule has 0 bridgehead atoms. The van der Waals surface area contributed by atoms with Gasteiger partial charge in [-0.25, -0.2) is 4.68 Å². The highest BCUT2D eigenvalue weighted by molar-refractivity contribution is 5.92. The van der Waals surface area contributed by atoms with E-state index in [1.807, 2.05) is 18.2 Å². The van der Waals surface area contributed by atoms with E-state index in [0.717, 1.165) is 35.5 Å². The third-order valence-electron chi connectivity index (χ3n) is 3.94. The van der Waals surface area contributed by atoms with Crippen LogP contribution in [0.2, 0.25) is 0 Å². The third kappa shape index (κ3) is 1.72. The summed E-state index contributed by atoms with van der Waals surface area (Å²) in [5.74, 6) is 1.56. The first-order valence-corrected chi connectivity index (χ1v) is 6.86. The van der Waals surface area contributed by atoms with Crippen LogP contribution >= 0.6 is 0 Å². The number of nitrogens with one attached hydrogen (secondary N) is 1. The van der Waals surface area contributed by atoms with Crippen molar-refractivity contribution in [2.75, 3.05) is 17.6 Å². The summed E-state index contributed by atoms with van der Waals surface area (Å²) >= 11 is 0. The molecule has 4 heteroatoms. The highest BCUT2D eigenvalue weighted by Gasteiger charge is 2.22. The van der Waals surface area contributed by atoms with Crippen molar-refractivity contribution in [3.63, 3.8) is 0 Å². The van der Waals surface area contributed by atoms with Gasteiger partial charge in [0.1, 0.15) is 5.82 Å². The van der Waals surface area contributed by atoms with Crippen molar-refractivity contribution in [1.82, 2.24) is 9.78 Å². The SMILES string of the molecule is Nc1ccc2c3n(nc2c1)CC(c1ccccc1)CN3. The van der Waals surface area contributed by atoms with Gasteiger partial charge in [-0.1, -0.05) is 30.3 Å². The fraction of sp³-hybridized carbons (Fsp3) is 0.188. The van der Waals surface area contributed by atoms with E-state index < -0.39 is 0 Å². The lowest BCUT2D eigenvalue weighted by Gasteiger charge is -2.25. The predicted octanol–water partition coefficient (Wildman–Crippen LogP) is 2.83. The van der Waals surface area contributed by atoms with Crippen LogP contribution in [0, 0.1) is 0 Å². The van der Waals surface area contributed by atoms with E-state index in [1.165, 1.54) is 5.56 Å². The molecule has 2 aromatic carbocycles. The monoisotopic (exact) mass is 264 g/mol. The van der Waals surface area contributed by atoms with Crippen molar-refractivity contribution >= 4 is 22.4 Å². The maximum absolute atomic E-state index is 5.83. The molecule has 100 valence electrons. The molecule has 4 rings (SSSR count). The van der Waals surface area contributed by atoms with E-state index in [0.29, 0.717) is 5.92 Å². The van der Waals surface area contributed by atoms with E-state index in [4.69, 9.17) is 5.73 Å². The number of nitrogen functional groups attached to an aromatic ring is 1. The molecule has 0 aliphatic carbocycles. The van der Waals surface area contributed by atoms with Crippen LogP contribution in [0.5, 0.6) is 0 Å². The Bertz CT molecular complexity index is 761. The first-order chi connectivity index (χ1) is 9.81. The Morgan fingerprint density at radius 1 is 1.15 bits per heavy atom. The van der Waals surface area contributed by atoms with E-state index in [-0.39, 0.29) is 0 Å². The van der Waals surface area contributed by atoms with Gasteiger partial charge >= 0.3 is 0 Å². The third-order valence-corrected chi connectivity index (χ3v) is 3.94. The average molecular weight is 264 g/mol. The van der Waals surface area contributed by atoms with E-state index in [1.54, 1.807) is 0 Å². The van der Waals surface area contributed by atoms with Crippen molar-refractivity contribution in [1.29, 1.82) is 0 Å². The van der Waals surface area contributed by atoms with Crippen molar-refractivity contribution in [3.05, 3.63) is 54.1 Å². The largest absolute Gasteiger partial charge is 0.399 e. The maximum Gasteiger partial charge on any atom is 0.132 e. The molecular weight excluding hydrogens is 248 g/mol. The Kier molecular flexibility index (Phi) is 2.42. The van der Waals surface area contributed by atoms with E-state index in [2.05, 4.69) is 45.4 Å². The second-order valence-electron chi connectivity index (χ2n) is 5.30. The first kappa shape index (κ1) is 11.3. The van der Waals surface area contributed by atoms with Crippen LogP contribution < -0.4 is 11.1 Å². The molecule has 0 fully saturated rings. The lowest BCUT2D eigenvalue weighted by atomic mass is 9.98. The molecule has 1 aromatic heterocycles. The summed E-state index contributed by atoms with van der Waals surface area (Å²) in [5.41, 5.74) is 8.90. The van der Waals surface area contributed by atoms with Gasteiger partial charge in [-0.15, -0.1) is 0 Å². The molecule has 2 heterocycles. The van der Waals surface area contributed by atoms with E-state index in [9.17, 15) is 0 Å². The topological polar surface area (TPSA) is 55.9 Å². The number of nitrogens with two attached hydrogens (primary N) is 1. The fourth-order valence-electron chi connectivity index (χ4n) is 2.91. The van der Waals surface area contributed by atoms with Gasteiger partial charge in [0.25, 0.3) is 0 Å². The normalized spacial score (nSPS) is 17.7. The minimum Gasteiger partial charge on any atom is -0.399 e. The molecule has 0 radical (unpaired) electrons. The number of hydrogen-bond donors (Lipinski definition) is 2. The van der Waals surface area contributed by atoms with Crippen molar-refractivity contribution in [2.45, 2.75) is 12.5 Å². The number of benzene rings is 2. The molecule has 1 unspecified atom stereocenters. The summed E-state index contributed by atoms with van der Waals surface area (Å²) in [6.45, 7) is 1.84. The number of fused-ring (bicyclic) bond motifs is 3. The van der Waals surface area contributed by atoms with Crippen LogP contribution in [0.25, 0.3) is 10.9 Å². The van der Waals surface area contributed by atoms with Crippen LogP contribution in [0.1, 0.15) is 11.5 Å². The quantitative estimate of drug-likeness (QED) is 0.664. The zero-order valence-electron chi connectivity index (χ0n) is 11.1. The average Bonchev–Trinajstić information content (AvgIpc) is 2.84. The highest BCUT2D eigenvalue weighted by Crippen LogP contribution is 2.31. The summed E-state index contributed by atoms with van der Waals surface area (Å²) < 4.78 is 2.06. The second-order valence-corrected chi connectivity index (χ2v) is 5.30. The number of aromatic nitrogens is 2. The number of nitrogens with zero attached hydrogens (tertiary/aromatic N) is 2. The van der Waals surface area contributed by atoms with Gasteiger partial charge in [0.15, 0.2) is 0 Å². The molecule has 3 N–H and O–H groups in total. The van der Waals surface area contributed by atoms with Gasteiger partial charge in [0.2, 0.25) is 0 Å². The minimum absolute atomic E-state index is 0.454. The van der Waals surface area contributed by atoms with Gasteiger partial charge in [-0.05, 0) is 23.8 Å². The standard InChI is InChI=1S/C16H16N4/c17-13-6-7-14-15(8-13)19-20-10-12(9-18-16(14)20)11-4-2-1-3-5-11/h1-8,12,18H,9-10,17H2. The molecule has 1 aliphatic rings. The van der Waals surface area contributed by atoms with Gasteiger partial charge in [0, 0.05) is 23.5 Å². The number of rotatable bonds is 1. The molecule has 1 aliphatic heterocycles. The molecular formula is C16H16N4. The minimum atomic E-state index is 0.454. The molecule has 1 atom stereocenters. The zero-order chi connectivity index (χ0) is 13.5. The van der Waals surface area contributed by atoms with Gasteiger partial charge < -0.3 is 11.1 Å². The molecule has 0 saturated carbocycles. The van der Waals surface area contributed by atoms with Crippen molar-refractivity contribution in [2.24, 2.45) is 0 Å². The summed E-state index contributed by atoms with van der Waals surface area (Å²) in [6, 6.07) is 16.5. The highest BCUT2D eigenvalue weighted by atomic mass is 15.3. The summed E-state index contributed by atoms with van der Waals surface area (Å²) in [6.07, 6.45) is 0. The lowest BCUT2D eigenvalue weighted by molar-refractivity contribution is 0.509. The van der Waals surface area contributed by atoms with Gasteiger partial charge in [-0.3, -0.25) is 0 Å². The van der Waals surface area contributed by atoms with Crippen LogP contribution in [0.15, 0.2) is 48.5 Å². The number of anilines is 2. The molecule has 0 spiro atoms. The van der Waals surface area contributed by atoms with Crippen LogP contribution in [-0.2, 0) is 6.54 Å². The Labute approximate surface area is 117 Å². The molecule has 4 nitrogen and oxygen atoms in total. The number of hydrogen-bond acceptors (Lipinski definition) is 3. The molecule has 0 saturated heterocycles. The lowest BCUT2D eigenvalue weighted by Crippen LogP contribution is -2.26.